The molecule has 2 N–H and O–H groups in total. The van der Waals surface area contributed by atoms with Crippen molar-refractivity contribution in [1.82, 2.24) is 15.5 Å². The summed E-state index contributed by atoms with van der Waals surface area (Å²) >= 11 is 6.44. The van der Waals surface area contributed by atoms with E-state index >= 15 is 0 Å². The van der Waals surface area contributed by atoms with Gasteiger partial charge in [-0.2, -0.15) is 0 Å². The molecular formula is C20H30ClN3O2. The molecule has 0 radical (unpaired) electrons. The Morgan fingerprint density at radius 2 is 2.00 bits per heavy atom. The Balaban J connectivity index is 1.55. The van der Waals surface area contributed by atoms with Crippen LogP contribution in [0.2, 0.25) is 5.02 Å². The summed E-state index contributed by atoms with van der Waals surface area (Å²) in [5.41, 5.74) is 1.08. The molecule has 2 aliphatic rings. The second-order valence-corrected chi connectivity index (χ2v) is 7.63. The van der Waals surface area contributed by atoms with E-state index in [-0.39, 0.29) is 11.9 Å². The second kappa shape index (κ2) is 10.3. The van der Waals surface area contributed by atoms with E-state index in [2.05, 4.69) is 21.6 Å². The fraction of sp³-hybridized carbons (Fsp3) is 0.650. The number of ether oxygens (including phenoxy) is 1. The third-order valence-corrected chi connectivity index (χ3v) is 5.83. The molecule has 1 unspecified atom stereocenters. The smallest absolute Gasteiger partial charge is 0.220 e. The fourth-order valence-electron chi connectivity index (χ4n) is 3.87. The van der Waals surface area contributed by atoms with Gasteiger partial charge < -0.3 is 15.4 Å². The van der Waals surface area contributed by atoms with E-state index in [9.17, 15) is 4.79 Å². The molecule has 0 bridgehead atoms. The minimum absolute atomic E-state index is 0.0930. The lowest BCUT2D eigenvalue weighted by Gasteiger charge is -2.35. The van der Waals surface area contributed by atoms with Gasteiger partial charge in [-0.15, -0.1) is 0 Å². The van der Waals surface area contributed by atoms with E-state index in [0.29, 0.717) is 18.9 Å². The van der Waals surface area contributed by atoms with Crippen molar-refractivity contribution in [1.29, 1.82) is 0 Å². The van der Waals surface area contributed by atoms with E-state index in [0.717, 1.165) is 56.4 Å². The van der Waals surface area contributed by atoms with Gasteiger partial charge in [0, 0.05) is 31.1 Å². The van der Waals surface area contributed by atoms with Crippen LogP contribution in [0.15, 0.2) is 24.3 Å². The van der Waals surface area contributed by atoms with Crippen LogP contribution in [0.5, 0.6) is 0 Å². The Hall–Kier alpha value is -1.14. The molecule has 0 saturated carbocycles. The van der Waals surface area contributed by atoms with Gasteiger partial charge in [0.25, 0.3) is 0 Å². The van der Waals surface area contributed by atoms with Gasteiger partial charge in [0.1, 0.15) is 0 Å². The molecule has 1 aromatic carbocycles. The summed E-state index contributed by atoms with van der Waals surface area (Å²) in [6.07, 6.45) is 3.97. The van der Waals surface area contributed by atoms with E-state index in [4.69, 9.17) is 16.3 Å². The Bertz CT molecular complexity index is 572. The van der Waals surface area contributed by atoms with Gasteiger partial charge in [-0.05, 0) is 49.9 Å². The first-order valence-electron chi connectivity index (χ1n) is 9.77. The molecule has 0 spiro atoms. The average molecular weight is 380 g/mol. The first kappa shape index (κ1) is 19.6. The van der Waals surface area contributed by atoms with Crippen molar-refractivity contribution in [3.63, 3.8) is 0 Å². The van der Waals surface area contributed by atoms with Gasteiger partial charge in [-0.25, -0.2) is 0 Å². The predicted octanol–water partition coefficient (Wildman–Crippen LogP) is 2.61. The highest BCUT2D eigenvalue weighted by molar-refractivity contribution is 6.31. The maximum Gasteiger partial charge on any atom is 0.220 e. The number of carbonyl (C=O) groups excluding carboxylic acids is 1. The largest absolute Gasteiger partial charge is 0.379 e. The lowest BCUT2D eigenvalue weighted by Crippen LogP contribution is -2.44. The van der Waals surface area contributed by atoms with Crippen molar-refractivity contribution in [3.05, 3.63) is 34.9 Å². The van der Waals surface area contributed by atoms with E-state index in [1.165, 1.54) is 12.8 Å². The number of nitrogens with one attached hydrogen (secondary N) is 2. The van der Waals surface area contributed by atoms with Crippen LogP contribution in [0, 0.1) is 5.92 Å². The van der Waals surface area contributed by atoms with Crippen molar-refractivity contribution < 1.29 is 9.53 Å². The second-order valence-electron chi connectivity index (χ2n) is 7.22. The molecule has 6 heteroatoms. The third kappa shape index (κ3) is 5.68. The molecule has 2 saturated heterocycles. The summed E-state index contributed by atoms with van der Waals surface area (Å²) in [5.74, 6) is 0.828. The van der Waals surface area contributed by atoms with Crippen LogP contribution in [-0.4, -0.2) is 56.7 Å². The fourth-order valence-corrected chi connectivity index (χ4v) is 4.14. The number of benzene rings is 1. The summed E-state index contributed by atoms with van der Waals surface area (Å²) in [5, 5.41) is 7.28. The van der Waals surface area contributed by atoms with Crippen LogP contribution in [0.1, 0.15) is 37.3 Å². The molecule has 144 valence electrons. The Morgan fingerprint density at radius 3 is 2.73 bits per heavy atom. The van der Waals surface area contributed by atoms with Gasteiger partial charge in [0.05, 0.1) is 19.3 Å². The molecule has 5 nitrogen and oxygen atoms in total. The number of halogens is 1. The van der Waals surface area contributed by atoms with Crippen molar-refractivity contribution in [2.24, 2.45) is 5.92 Å². The highest BCUT2D eigenvalue weighted by Gasteiger charge is 2.25. The lowest BCUT2D eigenvalue weighted by atomic mass is 9.93. The topological polar surface area (TPSA) is 53.6 Å². The summed E-state index contributed by atoms with van der Waals surface area (Å²) in [4.78, 5) is 14.7. The van der Waals surface area contributed by atoms with Gasteiger partial charge in [-0.1, -0.05) is 29.8 Å². The van der Waals surface area contributed by atoms with Gasteiger partial charge in [-0.3, -0.25) is 9.69 Å². The van der Waals surface area contributed by atoms with Crippen LogP contribution < -0.4 is 10.6 Å². The van der Waals surface area contributed by atoms with Crippen molar-refractivity contribution in [2.75, 3.05) is 45.9 Å². The highest BCUT2D eigenvalue weighted by atomic mass is 35.5. The standard InChI is InChI=1S/C20H30ClN3O2/c21-18-4-2-1-3-17(18)19(24-11-13-26-14-12-24)15-23-20(25)6-5-16-7-9-22-10-8-16/h1-4,16,19,22H,5-15H2,(H,23,25). The van der Waals surface area contributed by atoms with Crippen LogP contribution in [0.3, 0.4) is 0 Å². The minimum atomic E-state index is 0.0930. The maximum absolute atomic E-state index is 12.4. The number of nitrogens with zero attached hydrogens (tertiary/aromatic N) is 1. The van der Waals surface area contributed by atoms with Gasteiger partial charge >= 0.3 is 0 Å². The first-order valence-corrected chi connectivity index (χ1v) is 10.2. The molecule has 1 amide bonds. The SMILES string of the molecule is O=C(CCC1CCNCC1)NCC(c1ccccc1Cl)N1CCOCC1. The Kier molecular flexibility index (Phi) is 7.74. The van der Waals surface area contributed by atoms with Crippen molar-refractivity contribution in [2.45, 2.75) is 31.7 Å². The highest BCUT2D eigenvalue weighted by Crippen LogP contribution is 2.28. The molecule has 0 aliphatic carbocycles. The maximum atomic E-state index is 12.4. The molecule has 2 aliphatic heterocycles. The van der Waals surface area contributed by atoms with Gasteiger partial charge in [0.15, 0.2) is 0 Å². The van der Waals surface area contributed by atoms with E-state index in [1.807, 2.05) is 18.2 Å². The average Bonchev–Trinajstić information content (AvgIpc) is 2.69. The Labute approximate surface area is 161 Å². The van der Waals surface area contributed by atoms with Gasteiger partial charge in [0.2, 0.25) is 5.91 Å². The molecule has 1 atom stereocenters. The number of rotatable bonds is 7. The quantitative estimate of drug-likeness (QED) is 0.764. The molecule has 26 heavy (non-hydrogen) atoms. The number of hydrogen-bond donors (Lipinski definition) is 2. The predicted molar refractivity (Wildman–Crippen MR) is 104 cm³/mol. The van der Waals surface area contributed by atoms with Crippen molar-refractivity contribution in [3.8, 4) is 0 Å². The number of carbonyl (C=O) groups is 1. The number of morpholine rings is 1. The number of hydrogen-bond acceptors (Lipinski definition) is 4. The number of amides is 1. The molecule has 2 fully saturated rings. The first-order chi connectivity index (χ1) is 12.7. The summed E-state index contributed by atoms with van der Waals surface area (Å²) in [6, 6.07) is 8.02. The Morgan fingerprint density at radius 1 is 1.27 bits per heavy atom. The van der Waals surface area contributed by atoms with E-state index in [1.54, 1.807) is 0 Å². The summed E-state index contributed by atoms with van der Waals surface area (Å²) in [7, 11) is 0. The molecule has 3 rings (SSSR count). The third-order valence-electron chi connectivity index (χ3n) is 5.48. The zero-order valence-electron chi connectivity index (χ0n) is 15.4. The number of piperidine rings is 1. The normalized spacial score (nSPS) is 20.7. The zero-order valence-corrected chi connectivity index (χ0v) is 16.1. The monoisotopic (exact) mass is 379 g/mol. The summed E-state index contributed by atoms with van der Waals surface area (Å²) in [6.45, 7) is 5.93. The van der Waals surface area contributed by atoms with E-state index < -0.39 is 0 Å². The molecule has 1 aromatic rings. The van der Waals surface area contributed by atoms with Crippen LogP contribution in [0.25, 0.3) is 0 Å². The van der Waals surface area contributed by atoms with Crippen LogP contribution >= 0.6 is 11.6 Å². The minimum Gasteiger partial charge on any atom is -0.379 e. The zero-order chi connectivity index (χ0) is 18.2. The van der Waals surface area contributed by atoms with Crippen LogP contribution in [0.4, 0.5) is 0 Å². The van der Waals surface area contributed by atoms with Crippen LogP contribution in [-0.2, 0) is 9.53 Å². The molecule has 2 heterocycles. The van der Waals surface area contributed by atoms with Crippen molar-refractivity contribution >= 4 is 17.5 Å². The molecule has 0 aromatic heterocycles. The summed E-state index contributed by atoms with van der Waals surface area (Å²) < 4.78 is 5.48. The lowest BCUT2D eigenvalue weighted by molar-refractivity contribution is -0.121. The molecular weight excluding hydrogens is 350 g/mol.